The van der Waals surface area contributed by atoms with Gasteiger partial charge < -0.3 is 15.0 Å². The van der Waals surface area contributed by atoms with E-state index in [0.717, 1.165) is 6.42 Å². The third-order valence-corrected chi connectivity index (χ3v) is 5.25. The molecule has 0 radical (unpaired) electrons. The molecule has 2 aliphatic heterocycles. The lowest BCUT2D eigenvalue weighted by molar-refractivity contribution is -0.140. The summed E-state index contributed by atoms with van der Waals surface area (Å²) in [5.41, 5.74) is 0. The van der Waals surface area contributed by atoms with Crippen LogP contribution in [0.2, 0.25) is 0 Å². The first-order valence-electron chi connectivity index (χ1n) is 7.81. The maximum atomic E-state index is 12.5. The molecule has 0 aromatic heterocycles. The number of nitrogens with zero attached hydrogens (tertiary/aromatic N) is 2. The van der Waals surface area contributed by atoms with Crippen LogP contribution in [0.3, 0.4) is 0 Å². The largest absolute Gasteiger partial charge is 0.378 e. The molecule has 4 aliphatic rings. The number of carbonyl (C=O) groups is 3. The predicted octanol–water partition coefficient (Wildman–Crippen LogP) is -0.207. The number of morpholine rings is 1. The van der Waals surface area contributed by atoms with E-state index in [2.05, 4.69) is 17.5 Å². The van der Waals surface area contributed by atoms with Gasteiger partial charge in [0.2, 0.25) is 11.8 Å². The van der Waals surface area contributed by atoms with Gasteiger partial charge in [0.05, 0.1) is 25.0 Å². The summed E-state index contributed by atoms with van der Waals surface area (Å²) in [5, 5.41) is 2.69. The number of carbonyl (C=O) groups excluding carboxylic acids is 3. The van der Waals surface area contributed by atoms with Crippen LogP contribution in [0.4, 0.5) is 4.79 Å². The molecule has 22 heavy (non-hydrogen) atoms. The lowest BCUT2D eigenvalue weighted by Crippen LogP contribution is -2.50. The number of hydrogen-bond donors (Lipinski definition) is 1. The van der Waals surface area contributed by atoms with E-state index >= 15 is 0 Å². The minimum atomic E-state index is -0.248. The zero-order valence-corrected chi connectivity index (χ0v) is 12.2. The van der Waals surface area contributed by atoms with Crippen molar-refractivity contribution in [2.24, 2.45) is 23.7 Å². The number of urea groups is 1. The zero-order valence-electron chi connectivity index (χ0n) is 12.2. The van der Waals surface area contributed by atoms with E-state index in [-0.39, 0.29) is 48.2 Å². The Morgan fingerprint density at radius 1 is 1.14 bits per heavy atom. The van der Waals surface area contributed by atoms with Crippen LogP contribution in [0.1, 0.15) is 6.42 Å². The van der Waals surface area contributed by atoms with Gasteiger partial charge in [-0.15, -0.1) is 0 Å². The van der Waals surface area contributed by atoms with Crippen LogP contribution in [0.5, 0.6) is 0 Å². The number of likely N-dealkylation sites (tertiary alicyclic amines) is 1. The highest BCUT2D eigenvalue weighted by atomic mass is 16.5. The van der Waals surface area contributed by atoms with Crippen LogP contribution >= 0.6 is 0 Å². The number of allylic oxidation sites excluding steroid dienone is 2. The highest BCUT2D eigenvalue weighted by Gasteiger charge is 2.59. The van der Waals surface area contributed by atoms with Crippen LogP contribution in [0.25, 0.3) is 0 Å². The highest BCUT2D eigenvalue weighted by Crippen LogP contribution is 2.52. The summed E-state index contributed by atoms with van der Waals surface area (Å²) in [6.07, 6.45) is 5.04. The van der Waals surface area contributed by atoms with Gasteiger partial charge in [-0.3, -0.25) is 14.5 Å². The Morgan fingerprint density at radius 3 is 2.32 bits per heavy atom. The van der Waals surface area contributed by atoms with E-state index in [4.69, 9.17) is 4.74 Å². The Balaban J connectivity index is 1.39. The summed E-state index contributed by atoms with van der Waals surface area (Å²) >= 11 is 0. The lowest BCUT2D eigenvalue weighted by Gasteiger charge is -2.28. The SMILES string of the molecule is O=C(NCN1C(=O)C2C3C=CC(C3)C2C1=O)N1CCOCC1. The fraction of sp³-hybridized carbons (Fsp3) is 0.667. The molecular weight excluding hydrogens is 286 g/mol. The smallest absolute Gasteiger partial charge is 0.318 e. The van der Waals surface area contributed by atoms with Crippen LogP contribution < -0.4 is 5.32 Å². The second-order valence-corrected chi connectivity index (χ2v) is 6.34. The molecule has 3 fully saturated rings. The molecule has 2 bridgehead atoms. The molecule has 7 heteroatoms. The average Bonchev–Trinajstić information content (AvgIpc) is 3.21. The van der Waals surface area contributed by atoms with Gasteiger partial charge in [-0.1, -0.05) is 12.2 Å². The minimum Gasteiger partial charge on any atom is -0.378 e. The van der Waals surface area contributed by atoms with Crippen LogP contribution in [-0.4, -0.2) is 60.6 Å². The van der Waals surface area contributed by atoms with Gasteiger partial charge in [-0.25, -0.2) is 4.79 Å². The molecule has 4 amide bonds. The molecule has 4 unspecified atom stereocenters. The fourth-order valence-corrected chi connectivity index (χ4v) is 4.14. The number of rotatable bonds is 2. The molecule has 0 aromatic rings. The van der Waals surface area contributed by atoms with Gasteiger partial charge in [-0.05, 0) is 18.3 Å². The first-order chi connectivity index (χ1) is 10.7. The molecule has 0 aromatic carbocycles. The first-order valence-corrected chi connectivity index (χ1v) is 7.81. The molecule has 4 atom stereocenters. The number of fused-ring (bicyclic) bond motifs is 5. The molecule has 1 N–H and O–H groups in total. The van der Waals surface area contributed by atoms with Crippen LogP contribution in [0.15, 0.2) is 12.2 Å². The quantitative estimate of drug-likeness (QED) is 0.566. The number of amides is 4. The average molecular weight is 305 g/mol. The van der Waals surface area contributed by atoms with Crippen molar-refractivity contribution in [2.75, 3.05) is 33.0 Å². The fourth-order valence-electron chi connectivity index (χ4n) is 4.14. The van der Waals surface area contributed by atoms with Crippen molar-refractivity contribution in [1.29, 1.82) is 0 Å². The van der Waals surface area contributed by atoms with E-state index in [1.807, 2.05) is 0 Å². The third kappa shape index (κ3) is 1.95. The van der Waals surface area contributed by atoms with Crippen molar-refractivity contribution in [2.45, 2.75) is 6.42 Å². The van der Waals surface area contributed by atoms with Crippen molar-refractivity contribution in [3.8, 4) is 0 Å². The molecule has 2 saturated heterocycles. The Kier molecular flexibility index (Phi) is 3.18. The van der Waals surface area contributed by atoms with Crippen molar-refractivity contribution >= 4 is 17.8 Å². The van der Waals surface area contributed by atoms with E-state index in [1.54, 1.807) is 4.90 Å². The van der Waals surface area contributed by atoms with E-state index in [1.165, 1.54) is 4.90 Å². The van der Waals surface area contributed by atoms with Crippen molar-refractivity contribution in [1.82, 2.24) is 15.1 Å². The number of imide groups is 1. The van der Waals surface area contributed by atoms with Crippen molar-refractivity contribution in [3.63, 3.8) is 0 Å². The van der Waals surface area contributed by atoms with Gasteiger partial charge >= 0.3 is 6.03 Å². The van der Waals surface area contributed by atoms with Gasteiger partial charge in [0.25, 0.3) is 0 Å². The maximum Gasteiger partial charge on any atom is 0.318 e. The monoisotopic (exact) mass is 305 g/mol. The molecule has 118 valence electrons. The summed E-state index contributed by atoms with van der Waals surface area (Å²) in [6.45, 7) is 2.09. The molecule has 2 heterocycles. The second-order valence-electron chi connectivity index (χ2n) is 6.34. The molecule has 7 nitrogen and oxygen atoms in total. The maximum absolute atomic E-state index is 12.5. The first kappa shape index (κ1) is 13.8. The van der Waals surface area contributed by atoms with Crippen LogP contribution in [0, 0.1) is 23.7 Å². The Bertz CT molecular complexity index is 525. The number of hydrogen-bond acceptors (Lipinski definition) is 4. The van der Waals surface area contributed by atoms with Crippen molar-refractivity contribution in [3.05, 3.63) is 12.2 Å². The summed E-state index contributed by atoms with van der Waals surface area (Å²) in [5.74, 6) is -0.272. The Labute approximate surface area is 128 Å². The zero-order chi connectivity index (χ0) is 15.3. The van der Waals surface area contributed by atoms with E-state index < -0.39 is 0 Å². The topological polar surface area (TPSA) is 79.0 Å². The molecule has 2 aliphatic carbocycles. The minimum absolute atomic E-state index is 0.0275. The molecule has 0 spiro atoms. The van der Waals surface area contributed by atoms with E-state index in [0.29, 0.717) is 26.3 Å². The Morgan fingerprint density at radius 2 is 1.73 bits per heavy atom. The highest BCUT2D eigenvalue weighted by molar-refractivity contribution is 6.06. The van der Waals surface area contributed by atoms with Crippen LogP contribution in [-0.2, 0) is 14.3 Å². The standard InChI is InChI=1S/C15H19N3O4/c19-13-11-9-1-2-10(7-9)12(11)14(20)18(13)8-16-15(21)17-3-5-22-6-4-17/h1-2,9-12H,3-8H2,(H,16,21). The molecular formula is C15H19N3O4. The van der Waals surface area contributed by atoms with E-state index in [9.17, 15) is 14.4 Å². The predicted molar refractivity (Wildman–Crippen MR) is 75.4 cm³/mol. The van der Waals surface area contributed by atoms with Gasteiger partial charge in [0, 0.05) is 13.1 Å². The molecule has 4 rings (SSSR count). The normalized spacial score (nSPS) is 36.2. The van der Waals surface area contributed by atoms with Gasteiger partial charge in [-0.2, -0.15) is 0 Å². The summed E-state index contributed by atoms with van der Waals surface area (Å²) in [7, 11) is 0. The number of ether oxygens (including phenoxy) is 1. The van der Waals surface area contributed by atoms with Gasteiger partial charge in [0.15, 0.2) is 0 Å². The number of nitrogens with one attached hydrogen (secondary N) is 1. The summed E-state index contributed by atoms with van der Waals surface area (Å²) in [4.78, 5) is 39.8. The Hall–Kier alpha value is -1.89. The second kappa shape index (κ2) is 5.08. The van der Waals surface area contributed by atoms with Gasteiger partial charge in [0.1, 0.15) is 6.67 Å². The summed E-state index contributed by atoms with van der Waals surface area (Å²) in [6, 6.07) is -0.248. The third-order valence-electron chi connectivity index (χ3n) is 5.25. The summed E-state index contributed by atoms with van der Waals surface area (Å²) < 4.78 is 5.20. The lowest BCUT2D eigenvalue weighted by atomic mass is 9.85. The van der Waals surface area contributed by atoms with Crippen molar-refractivity contribution < 1.29 is 19.1 Å². The molecule has 1 saturated carbocycles.